The van der Waals surface area contributed by atoms with E-state index in [4.69, 9.17) is 0 Å². The smallest absolute Gasteiger partial charge is 0.0112 e. The highest BCUT2D eigenvalue weighted by atomic mass is 15.3. The van der Waals surface area contributed by atoms with Crippen molar-refractivity contribution in [3.8, 4) is 0 Å². The summed E-state index contributed by atoms with van der Waals surface area (Å²) in [4.78, 5) is 17.6. The summed E-state index contributed by atoms with van der Waals surface area (Å²) in [7, 11) is 2.19. The number of piperidine rings is 3. The molecule has 6 aliphatic rings. The molecule has 0 aromatic rings. The predicted molar refractivity (Wildman–Crippen MR) is 260 cm³/mol. The molecule has 6 rings (SSSR count). The Labute approximate surface area is 362 Å². The normalized spacial score (nSPS) is 24.7. The molecule has 7 nitrogen and oxygen atoms in total. The van der Waals surface area contributed by atoms with E-state index in [1.165, 1.54) is 149 Å². The number of likely N-dealkylation sites (tertiary alicyclic amines) is 5. The number of likely N-dealkylation sites (N-methyl/N-ethyl adjacent to an activating group) is 1. The minimum atomic E-state index is 0. The lowest BCUT2D eigenvalue weighted by atomic mass is 9.91. The fourth-order valence-corrected chi connectivity index (χ4v) is 8.57. The summed E-state index contributed by atoms with van der Waals surface area (Å²) in [6.45, 7) is 52.6. The van der Waals surface area contributed by atoms with Gasteiger partial charge in [-0.2, -0.15) is 0 Å². The molecule has 6 saturated heterocycles. The van der Waals surface area contributed by atoms with E-state index in [1.807, 2.05) is 0 Å². The Balaban J connectivity index is 0. The van der Waals surface area contributed by atoms with Gasteiger partial charge in [0.15, 0.2) is 0 Å². The number of hydrogen-bond donors (Lipinski definition) is 0. The maximum Gasteiger partial charge on any atom is 0.0112 e. The second-order valence-electron chi connectivity index (χ2n) is 20.2. The standard InChI is InChI=1S/C10H21N.C9H19N.C8H18N2.C8H17N.C7H15N.C6H13N.2CH4/c1-8(2)11-6-9(3)5-10(4)7-11;2*1-8(2)10-6-4-9(3)5-7-10;1-8(2)9-6-4-3-5-7-9;1-7(2)8-5-3-4-6-8;1-6(2)7-4-3-5-7;;/h8-10H,5-7H2,1-4H3;8-9H,4-7H2,1-3H3;8H,4-7H2,1-3H3;8H,3-7H2,1-2H3;7H,3-6H2,1-2H3;6H,3-5H2,1-2H3;2*1H4. The van der Waals surface area contributed by atoms with Gasteiger partial charge in [0.25, 0.3) is 0 Å². The van der Waals surface area contributed by atoms with Crippen LogP contribution in [-0.4, -0.2) is 169 Å². The van der Waals surface area contributed by atoms with Crippen LogP contribution in [0.3, 0.4) is 0 Å². The Kier molecular flexibility index (Phi) is 34.4. The zero-order valence-electron chi connectivity index (χ0n) is 40.6. The molecule has 0 aliphatic carbocycles. The van der Waals surface area contributed by atoms with Crippen LogP contribution in [0.25, 0.3) is 0 Å². The number of hydrogen-bond acceptors (Lipinski definition) is 7. The molecular formula is C50H111N7. The Morgan fingerprint density at radius 3 is 0.877 bits per heavy atom. The Morgan fingerprint density at radius 2 is 0.596 bits per heavy atom. The van der Waals surface area contributed by atoms with Gasteiger partial charge in [-0.3, -0.25) is 4.90 Å². The summed E-state index contributed by atoms with van der Waals surface area (Å²) in [5.41, 5.74) is 0. The van der Waals surface area contributed by atoms with E-state index in [9.17, 15) is 0 Å². The number of rotatable bonds is 6. The predicted octanol–water partition coefficient (Wildman–Crippen LogP) is 10.9. The first kappa shape index (κ1) is 58.8. The highest BCUT2D eigenvalue weighted by Crippen LogP contribution is 2.22. The van der Waals surface area contributed by atoms with Crippen molar-refractivity contribution in [2.45, 2.75) is 213 Å². The number of piperazine rings is 1. The van der Waals surface area contributed by atoms with Crippen molar-refractivity contribution in [2.24, 2.45) is 17.8 Å². The van der Waals surface area contributed by atoms with Gasteiger partial charge in [-0.05, 0) is 212 Å². The molecule has 2 unspecified atom stereocenters. The van der Waals surface area contributed by atoms with Gasteiger partial charge in [0, 0.05) is 75.5 Å². The summed E-state index contributed by atoms with van der Waals surface area (Å²) in [5.74, 6) is 2.78. The summed E-state index contributed by atoms with van der Waals surface area (Å²) in [6.07, 6.45) is 12.7. The zero-order valence-corrected chi connectivity index (χ0v) is 40.6. The van der Waals surface area contributed by atoms with E-state index in [0.717, 1.165) is 54.0 Å². The SMILES string of the molecule is C.C.CC(C)N1CCC1.CC(C)N1CCCC1.CC(C)N1CCCCC1.CC(C)N1CCN(C)CC1.CC1CC(C)CN(C(C)C)C1.CC1CCN(C(C)C)CC1. The molecule has 2 atom stereocenters. The molecule has 7 heteroatoms. The molecule has 0 spiro atoms. The van der Waals surface area contributed by atoms with Crippen LogP contribution in [0.5, 0.6) is 0 Å². The molecule has 0 aromatic heterocycles. The molecule has 6 fully saturated rings. The summed E-state index contributed by atoms with van der Waals surface area (Å²) in [6, 6.07) is 4.55. The van der Waals surface area contributed by atoms with Gasteiger partial charge in [0.2, 0.25) is 0 Å². The van der Waals surface area contributed by atoms with Crippen molar-refractivity contribution >= 4 is 0 Å². The van der Waals surface area contributed by atoms with Gasteiger partial charge < -0.3 is 29.4 Å². The van der Waals surface area contributed by atoms with Crippen LogP contribution >= 0.6 is 0 Å². The molecule has 0 aromatic carbocycles. The maximum absolute atomic E-state index is 2.60. The van der Waals surface area contributed by atoms with E-state index >= 15 is 0 Å². The first-order chi connectivity index (χ1) is 25.9. The maximum atomic E-state index is 2.60. The van der Waals surface area contributed by atoms with Crippen molar-refractivity contribution in [3.63, 3.8) is 0 Å². The average Bonchev–Trinajstić information content (AvgIpc) is 3.65. The van der Waals surface area contributed by atoms with E-state index in [2.05, 4.69) is 145 Å². The quantitative estimate of drug-likeness (QED) is 0.263. The van der Waals surface area contributed by atoms with Crippen molar-refractivity contribution in [1.82, 2.24) is 34.3 Å². The van der Waals surface area contributed by atoms with E-state index in [0.29, 0.717) is 0 Å². The third kappa shape index (κ3) is 27.3. The summed E-state index contributed by atoms with van der Waals surface area (Å²) < 4.78 is 0. The molecule has 0 radical (unpaired) electrons. The van der Waals surface area contributed by atoms with E-state index < -0.39 is 0 Å². The lowest BCUT2D eigenvalue weighted by molar-refractivity contribution is 0.111. The van der Waals surface area contributed by atoms with Crippen LogP contribution in [0.2, 0.25) is 0 Å². The minimum absolute atomic E-state index is 0. The summed E-state index contributed by atoms with van der Waals surface area (Å²) in [5, 5.41) is 0. The van der Waals surface area contributed by atoms with E-state index in [-0.39, 0.29) is 14.9 Å². The molecule has 0 N–H and O–H groups in total. The van der Waals surface area contributed by atoms with Crippen LogP contribution in [0.4, 0.5) is 0 Å². The molecule has 6 aliphatic heterocycles. The molecule has 6 heterocycles. The first-order valence-electron chi connectivity index (χ1n) is 24.0. The molecule has 57 heavy (non-hydrogen) atoms. The van der Waals surface area contributed by atoms with Crippen molar-refractivity contribution in [2.75, 3.05) is 98.7 Å². The number of nitrogens with zero attached hydrogens (tertiary/aromatic N) is 7. The molecule has 0 bridgehead atoms. The zero-order chi connectivity index (χ0) is 41.5. The second-order valence-corrected chi connectivity index (χ2v) is 20.2. The third-order valence-corrected chi connectivity index (χ3v) is 13.1. The van der Waals surface area contributed by atoms with Gasteiger partial charge in [-0.15, -0.1) is 0 Å². The summed E-state index contributed by atoms with van der Waals surface area (Å²) >= 11 is 0. The van der Waals surface area contributed by atoms with Crippen LogP contribution < -0.4 is 0 Å². The lowest BCUT2D eigenvalue weighted by Gasteiger charge is -2.37. The topological polar surface area (TPSA) is 22.7 Å². The van der Waals surface area contributed by atoms with Crippen molar-refractivity contribution < 1.29 is 0 Å². The van der Waals surface area contributed by atoms with Crippen molar-refractivity contribution in [1.29, 1.82) is 0 Å². The van der Waals surface area contributed by atoms with Gasteiger partial charge in [0.1, 0.15) is 0 Å². The average molecular weight is 810 g/mol. The van der Waals surface area contributed by atoms with Crippen LogP contribution in [0.15, 0.2) is 0 Å². The van der Waals surface area contributed by atoms with Crippen molar-refractivity contribution in [3.05, 3.63) is 0 Å². The van der Waals surface area contributed by atoms with Gasteiger partial charge in [-0.25, -0.2) is 0 Å². The Bertz CT molecular complexity index is 824. The fraction of sp³-hybridized carbons (Fsp3) is 1.00. The fourth-order valence-electron chi connectivity index (χ4n) is 8.57. The molecular weight excluding hydrogens is 699 g/mol. The van der Waals surface area contributed by atoms with Gasteiger partial charge in [0.05, 0.1) is 0 Å². The second kappa shape index (κ2) is 33.4. The lowest BCUT2D eigenvalue weighted by Crippen LogP contribution is -2.47. The largest absolute Gasteiger partial charge is 0.304 e. The van der Waals surface area contributed by atoms with Gasteiger partial charge in [-0.1, -0.05) is 42.0 Å². The minimum Gasteiger partial charge on any atom is -0.304 e. The van der Waals surface area contributed by atoms with Crippen LogP contribution in [0.1, 0.15) is 176 Å². The highest BCUT2D eigenvalue weighted by Gasteiger charge is 2.23. The monoisotopic (exact) mass is 810 g/mol. The van der Waals surface area contributed by atoms with Gasteiger partial charge >= 0.3 is 0 Å². The Morgan fingerprint density at radius 1 is 0.316 bits per heavy atom. The molecule has 0 saturated carbocycles. The molecule has 0 amide bonds. The Hall–Kier alpha value is -0.280. The van der Waals surface area contributed by atoms with Crippen LogP contribution in [-0.2, 0) is 0 Å². The first-order valence-corrected chi connectivity index (χ1v) is 24.0. The highest BCUT2D eigenvalue weighted by molar-refractivity contribution is 4.77. The van der Waals surface area contributed by atoms with E-state index in [1.54, 1.807) is 0 Å². The third-order valence-electron chi connectivity index (χ3n) is 13.1. The molecule has 346 valence electrons. The van der Waals surface area contributed by atoms with Crippen LogP contribution in [0, 0.1) is 17.8 Å².